The summed E-state index contributed by atoms with van der Waals surface area (Å²) in [5.41, 5.74) is 5.83. The highest BCUT2D eigenvalue weighted by atomic mass is 35.5. The third-order valence-electron chi connectivity index (χ3n) is 4.07. The third-order valence-corrected chi connectivity index (χ3v) is 4.85. The molecular weight excluding hydrogens is 419 g/mol. The number of aliphatic hydroxyl groups excluding tert-OH is 1. The van der Waals surface area contributed by atoms with E-state index in [-0.39, 0.29) is 27.0 Å². The van der Waals surface area contributed by atoms with Crippen molar-refractivity contribution < 1.29 is 19.8 Å². The zero-order valence-corrected chi connectivity index (χ0v) is 17.0. The second-order valence-corrected chi connectivity index (χ2v) is 6.94. The number of halogens is 2. The molecular formula is C19H18Cl2N4O4. The summed E-state index contributed by atoms with van der Waals surface area (Å²) in [5.74, 6) is -1.54. The molecule has 0 aliphatic rings. The summed E-state index contributed by atoms with van der Waals surface area (Å²) in [6, 6.07) is 5.78. The van der Waals surface area contributed by atoms with Gasteiger partial charge in [0.15, 0.2) is 0 Å². The van der Waals surface area contributed by atoms with Crippen LogP contribution in [-0.4, -0.2) is 34.2 Å². The Morgan fingerprint density at radius 1 is 1.17 bits per heavy atom. The zero-order valence-electron chi connectivity index (χ0n) is 15.5. The van der Waals surface area contributed by atoms with Gasteiger partial charge in [0.05, 0.1) is 22.7 Å². The minimum absolute atomic E-state index is 0.0114. The molecule has 2 amide bonds. The molecule has 0 fully saturated rings. The number of nitrogens with one attached hydrogen (secondary N) is 3. The highest BCUT2D eigenvalue weighted by Crippen LogP contribution is 2.33. The Hall–Kier alpha value is -2.99. The predicted molar refractivity (Wildman–Crippen MR) is 110 cm³/mol. The van der Waals surface area contributed by atoms with Crippen LogP contribution in [0.25, 0.3) is 4.85 Å². The van der Waals surface area contributed by atoms with E-state index in [1.54, 1.807) is 13.0 Å². The maximum atomic E-state index is 12.5. The number of phenols is 1. The fourth-order valence-electron chi connectivity index (χ4n) is 2.40. The van der Waals surface area contributed by atoms with Crippen LogP contribution >= 0.6 is 23.2 Å². The molecule has 0 saturated carbocycles. The molecule has 8 nitrogen and oxygen atoms in total. The molecule has 0 aliphatic heterocycles. The van der Waals surface area contributed by atoms with Crippen LogP contribution < -0.4 is 16.2 Å². The van der Waals surface area contributed by atoms with E-state index >= 15 is 0 Å². The van der Waals surface area contributed by atoms with Gasteiger partial charge in [-0.15, -0.1) is 0 Å². The van der Waals surface area contributed by atoms with E-state index in [0.29, 0.717) is 11.3 Å². The Labute approximate surface area is 177 Å². The maximum Gasteiger partial charge on any atom is 0.269 e. The predicted octanol–water partition coefficient (Wildman–Crippen LogP) is 3.18. The Kier molecular flexibility index (Phi) is 7.29. The van der Waals surface area contributed by atoms with Crippen LogP contribution in [0.1, 0.15) is 22.8 Å². The molecule has 2 aromatic carbocycles. The topological polar surface area (TPSA) is 115 Å². The van der Waals surface area contributed by atoms with Crippen LogP contribution in [0, 0.1) is 13.5 Å². The van der Waals surface area contributed by atoms with Gasteiger partial charge in [-0.25, -0.2) is 4.85 Å². The van der Waals surface area contributed by atoms with Gasteiger partial charge in [-0.05, 0) is 43.7 Å². The number of benzene rings is 2. The molecule has 29 heavy (non-hydrogen) atoms. The number of nitrogens with zero attached hydrogens (tertiary/aromatic N) is 1. The quantitative estimate of drug-likeness (QED) is 0.364. The number of rotatable bonds is 5. The van der Waals surface area contributed by atoms with E-state index in [9.17, 15) is 19.8 Å². The number of hydrazine groups is 1. The number of aliphatic hydroxyl groups is 1. The number of aromatic hydroxyl groups is 1. The number of amides is 2. The van der Waals surface area contributed by atoms with Gasteiger partial charge >= 0.3 is 0 Å². The lowest BCUT2D eigenvalue weighted by atomic mass is 10.1. The largest absolute Gasteiger partial charge is 0.506 e. The molecule has 2 aromatic rings. The van der Waals surface area contributed by atoms with Crippen LogP contribution in [0.4, 0.5) is 11.4 Å². The lowest BCUT2D eigenvalue weighted by Crippen LogP contribution is -2.52. The van der Waals surface area contributed by atoms with Gasteiger partial charge in [0, 0.05) is 11.3 Å². The second-order valence-electron chi connectivity index (χ2n) is 6.16. The Balaban J connectivity index is 2.10. The summed E-state index contributed by atoms with van der Waals surface area (Å²) in [7, 11) is 0. The smallest absolute Gasteiger partial charge is 0.269 e. The number of hydrogen-bond acceptors (Lipinski definition) is 5. The third kappa shape index (κ3) is 5.29. The van der Waals surface area contributed by atoms with Crippen molar-refractivity contribution in [1.29, 1.82) is 0 Å². The van der Waals surface area contributed by atoms with E-state index in [0.717, 1.165) is 0 Å². The lowest BCUT2D eigenvalue weighted by molar-refractivity contribution is -0.124. The zero-order chi connectivity index (χ0) is 21.7. The van der Waals surface area contributed by atoms with Crippen molar-refractivity contribution in [2.24, 2.45) is 0 Å². The molecule has 0 unspecified atom stereocenters. The molecule has 2 rings (SSSR count). The minimum atomic E-state index is -1.12. The summed E-state index contributed by atoms with van der Waals surface area (Å²) in [6.45, 7) is 10.2. The van der Waals surface area contributed by atoms with Crippen molar-refractivity contribution in [1.82, 2.24) is 10.9 Å². The van der Waals surface area contributed by atoms with E-state index in [1.807, 2.05) is 0 Å². The molecule has 0 spiro atoms. The van der Waals surface area contributed by atoms with Crippen molar-refractivity contribution in [2.75, 3.05) is 5.32 Å². The van der Waals surface area contributed by atoms with Crippen molar-refractivity contribution in [3.05, 3.63) is 62.9 Å². The van der Waals surface area contributed by atoms with Crippen LogP contribution in [0.15, 0.2) is 30.3 Å². The Bertz CT molecular complexity index is 989. The van der Waals surface area contributed by atoms with E-state index < -0.39 is 24.0 Å². The molecule has 0 saturated heterocycles. The van der Waals surface area contributed by atoms with Crippen LogP contribution in [0.5, 0.6) is 5.75 Å². The fraction of sp³-hybridized carbons (Fsp3) is 0.211. The van der Waals surface area contributed by atoms with E-state index in [2.05, 4.69) is 21.0 Å². The number of phenolic OH excluding ortho intramolecular Hbond substituents is 1. The average molecular weight is 437 g/mol. The molecule has 5 N–H and O–H groups in total. The standard InChI is InChI=1S/C19H18Cl2N4O4/c1-9-13(5-6-14(22-3)16(9)21)23-17(10(2)26)19(29)25-24-18(28)11-4-7-15(27)12(20)8-11/h4-8,10,17,23,26-27H,1-2H3,(H,24,28)(H,25,29)/t10-,17+/m0/s1. The highest BCUT2D eigenvalue weighted by Gasteiger charge is 2.25. The van der Waals surface area contributed by atoms with Crippen LogP contribution in [-0.2, 0) is 4.79 Å². The van der Waals surface area contributed by atoms with Gasteiger partial charge in [-0.2, -0.15) is 0 Å². The molecule has 0 heterocycles. The molecule has 2 atom stereocenters. The summed E-state index contributed by atoms with van der Waals surface area (Å²) >= 11 is 11.9. The van der Waals surface area contributed by atoms with E-state index in [4.69, 9.17) is 29.8 Å². The Morgan fingerprint density at radius 3 is 2.45 bits per heavy atom. The Morgan fingerprint density at radius 2 is 1.86 bits per heavy atom. The van der Waals surface area contributed by atoms with Crippen LogP contribution in [0.2, 0.25) is 10.0 Å². The monoisotopic (exact) mass is 436 g/mol. The summed E-state index contributed by atoms with van der Waals surface area (Å²) in [6.07, 6.45) is -1.12. The average Bonchev–Trinajstić information content (AvgIpc) is 2.68. The van der Waals surface area contributed by atoms with Crippen molar-refractivity contribution >= 4 is 46.4 Å². The second kappa shape index (κ2) is 9.47. The minimum Gasteiger partial charge on any atom is -0.506 e. The number of carbonyl (C=O) groups excluding carboxylic acids is 2. The van der Waals surface area contributed by atoms with Gasteiger partial charge in [0.1, 0.15) is 11.8 Å². The van der Waals surface area contributed by atoms with Crippen molar-refractivity contribution in [2.45, 2.75) is 26.0 Å². The molecule has 0 aromatic heterocycles. The highest BCUT2D eigenvalue weighted by molar-refractivity contribution is 6.34. The normalized spacial score (nSPS) is 12.4. The van der Waals surface area contributed by atoms with Gasteiger partial charge < -0.3 is 15.5 Å². The maximum absolute atomic E-state index is 12.5. The number of anilines is 1. The number of carbonyl (C=O) groups is 2. The molecule has 0 aliphatic carbocycles. The van der Waals surface area contributed by atoms with Gasteiger partial charge in [0.2, 0.25) is 5.69 Å². The van der Waals surface area contributed by atoms with Gasteiger partial charge in [-0.3, -0.25) is 20.4 Å². The summed E-state index contributed by atoms with van der Waals surface area (Å²) in [4.78, 5) is 27.9. The van der Waals surface area contributed by atoms with E-state index in [1.165, 1.54) is 31.2 Å². The van der Waals surface area contributed by atoms with Crippen LogP contribution in [0.3, 0.4) is 0 Å². The number of hydrogen-bond donors (Lipinski definition) is 5. The molecule has 0 radical (unpaired) electrons. The molecule has 152 valence electrons. The van der Waals surface area contributed by atoms with Crippen molar-refractivity contribution in [3.8, 4) is 5.75 Å². The summed E-state index contributed by atoms with van der Waals surface area (Å²) < 4.78 is 0. The first-order chi connectivity index (χ1) is 13.6. The first-order valence-electron chi connectivity index (χ1n) is 8.35. The first kappa shape index (κ1) is 22.3. The first-order valence-corrected chi connectivity index (χ1v) is 9.11. The van der Waals surface area contributed by atoms with Gasteiger partial charge in [0.25, 0.3) is 11.8 Å². The SMILES string of the molecule is [C-]#[N+]c1ccc(N[C@@H](C(=O)NNC(=O)c2ccc(O)c(Cl)c2)[C@H](C)O)c(C)c1Cl. The molecule has 10 heteroatoms. The van der Waals surface area contributed by atoms with Crippen molar-refractivity contribution in [3.63, 3.8) is 0 Å². The fourth-order valence-corrected chi connectivity index (χ4v) is 2.79. The molecule has 0 bridgehead atoms. The lowest BCUT2D eigenvalue weighted by Gasteiger charge is -2.23. The summed E-state index contributed by atoms with van der Waals surface area (Å²) in [5, 5.41) is 22.5. The van der Waals surface area contributed by atoms with Gasteiger partial charge in [-0.1, -0.05) is 29.3 Å².